The maximum atomic E-state index is 12.5. The van der Waals surface area contributed by atoms with Gasteiger partial charge >= 0.3 is 0 Å². The zero-order chi connectivity index (χ0) is 20.0. The molecule has 0 unspecified atom stereocenters. The van der Waals surface area contributed by atoms with E-state index in [-0.39, 0.29) is 17.7 Å². The maximum absolute atomic E-state index is 12.5. The molecule has 0 saturated heterocycles. The SMILES string of the molecule is CC(C)[C@@H](NC(=O)c1cccs1)C(=O)NNC(=S)N[C@H]1CCC[C@H](C)[C@H]1C. The van der Waals surface area contributed by atoms with Crippen LogP contribution in [0.2, 0.25) is 0 Å². The molecule has 27 heavy (non-hydrogen) atoms. The molecule has 1 aromatic rings. The van der Waals surface area contributed by atoms with E-state index >= 15 is 0 Å². The average Bonchev–Trinajstić information content (AvgIpc) is 3.16. The Hall–Kier alpha value is -1.67. The summed E-state index contributed by atoms with van der Waals surface area (Å²) in [6.07, 6.45) is 3.51. The predicted octanol–water partition coefficient (Wildman–Crippen LogP) is 2.82. The Morgan fingerprint density at radius 1 is 1.22 bits per heavy atom. The zero-order valence-corrected chi connectivity index (χ0v) is 18.0. The van der Waals surface area contributed by atoms with Gasteiger partial charge in [-0.25, -0.2) is 0 Å². The number of thiocarbonyl (C=S) groups is 1. The highest BCUT2D eigenvalue weighted by molar-refractivity contribution is 7.80. The summed E-state index contributed by atoms with van der Waals surface area (Å²) in [6.45, 7) is 8.28. The van der Waals surface area contributed by atoms with E-state index in [4.69, 9.17) is 12.2 Å². The van der Waals surface area contributed by atoms with Crippen LogP contribution in [0.25, 0.3) is 0 Å². The van der Waals surface area contributed by atoms with Gasteiger partial charge in [-0.05, 0) is 47.8 Å². The summed E-state index contributed by atoms with van der Waals surface area (Å²) in [5.41, 5.74) is 5.41. The predicted molar refractivity (Wildman–Crippen MR) is 113 cm³/mol. The number of nitrogens with one attached hydrogen (secondary N) is 4. The fourth-order valence-corrected chi connectivity index (χ4v) is 4.17. The van der Waals surface area contributed by atoms with Gasteiger partial charge in [-0.3, -0.25) is 20.4 Å². The van der Waals surface area contributed by atoms with Gasteiger partial charge in [-0.2, -0.15) is 0 Å². The van der Waals surface area contributed by atoms with Gasteiger partial charge in [-0.1, -0.05) is 46.6 Å². The lowest BCUT2D eigenvalue weighted by Gasteiger charge is -2.35. The van der Waals surface area contributed by atoms with Crippen molar-refractivity contribution in [1.82, 2.24) is 21.5 Å². The summed E-state index contributed by atoms with van der Waals surface area (Å²) in [5, 5.41) is 8.33. The summed E-state index contributed by atoms with van der Waals surface area (Å²) in [5.74, 6) is 0.569. The van der Waals surface area contributed by atoms with E-state index in [2.05, 4.69) is 35.3 Å². The fraction of sp³-hybridized carbons (Fsp3) is 0.632. The number of carbonyl (C=O) groups excluding carboxylic acids is 2. The Balaban J connectivity index is 1.84. The van der Waals surface area contributed by atoms with Gasteiger partial charge in [0.2, 0.25) is 0 Å². The smallest absolute Gasteiger partial charge is 0.262 e. The van der Waals surface area contributed by atoms with Crippen molar-refractivity contribution in [2.75, 3.05) is 0 Å². The van der Waals surface area contributed by atoms with Crippen LogP contribution in [0.4, 0.5) is 0 Å². The quantitative estimate of drug-likeness (QED) is 0.443. The van der Waals surface area contributed by atoms with Gasteiger partial charge in [0.25, 0.3) is 11.8 Å². The van der Waals surface area contributed by atoms with Crippen LogP contribution in [0, 0.1) is 17.8 Å². The first-order valence-corrected chi connectivity index (χ1v) is 10.8. The lowest BCUT2D eigenvalue weighted by molar-refractivity contribution is -0.124. The molecular weight excluding hydrogens is 380 g/mol. The van der Waals surface area contributed by atoms with Crippen molar-refractivity contribution in [3.05, 3.63) is 22.4 Å². The van der Waals surface area contributed by atoms with Crippen molar-refractivity contribution >= 4 is 40.5 Å². The Morgan fingerprint density at radius 2 is 1.96 bits per heavy atom. The number of rotatable bonds is 5. The van der Waals surface area contributed by atoms with E-state index in [1.165, 1.54) is 24.2 Å². The molecule has 1 aliphatic carbocycles. The number of thiophene rings is 1. The Kier molecular flexibility index (Phi) is 8.04. The molecule has 6 nitrogen and oxygen atoms in total. The first kappa shape index (κ1) is 21.6. The van der Waals surface area contributed by atoms with Crippen molar-refractivity contribution in [2.45, 2.75) is 59.0 Å². The molecule has 0 spiro atoms. The van der Waals surface area contributed by atoms with E-state index in [1.54, 1.807) is 6.07 Å². The largest absolute Gasteiger partial charge is 0.358 e. The molecule has 8 heteroatoms. The topological polar surface area (TPSA) is 82.3 Å². The molecule has 0 aliphatic heterocycles. The average molecular weight is 411 g/mol. The molecule has 150 valence electrons. The highest BCUT2D eigenvalue weighted by Gasteiger charge is 2.28. The molecule has 2 amide bonds. The molecule has 1 heterocycles. The van der Waals surface area contributed by atoms with Crippen LogP contribution in [0.1, 0.15) is 56.6 Å². The van der Waals surface area contributed by atoms with Crippen molar-refractivity contribution in [2.24, 2.45) is 17.8 Å². The lowest BCUT2D eigenvalue weighted by atomic mass is 9.78. The van der Waals surface area contributed by atoms with E-state index in [9.17, 15) is 9.59 Å². The molecule has 0 bridgehead atoms. The second-order valence-electron chi connectivity index (χ2n) is 7.63. The van der Waals surface area contributed by atoms with E-state index in [0.29, 0.717) is 27.9 Å². The highest BCUT2D eigenvalue weighted by Crippen LogP contribution is 2.29. The van der Waals surface area contributed by atoms with Crippen molar-refractivity contribution in [1.29, 1.82) is 0 Å². The number of hydrogen-bond acceptors (Lipinski definition) is 4. The van der Waals surface area contributed by atoms with Gasteiger partial charge in [0.15, 0.2) is 5.11 Å². The van der Waals surface area contributed by atoms with Gasteiger partial charge in [-0.15, -0.1) is 11.3 Å². The zero-order valence-electron chi connectivity index (χ0n) is 16.4. The first-order chi connectivity index (χ1) is 12.8. The first-order valence-electron chi connectivity index (χ1n) is 9.50. The third kappa shape index (κ3) is 6.17. The molecule has 4 N–H and O–H groups in total. The normalized spacial score (nSPS) is 23.4. The van der Waals surface area contributed by atoms with Crippen LogP contribution in [-0.2, 0) is 4.79 Å². The molecule has 1 aliphatic rings. The van der Waals surface area contributed by atoms with Crippen LogP contribution < -0.4 is 21.5 Å². The molecule has 4 atom stereocenters. The number of hydrogen-bond donors (Lipinski definition) is 4. The second kappa shape index (κ2) is 10.0. The molecular formula is C19H30N4O2S2. The van der Waals surface area contributed by atoms with E-state index in [0.717, 1.165) is 6.42 Å². The van der Waals surface area contributed by atoms with Crippen LogP contribution in [0.3, 0.4) is 0 Å². The number of hydrazine groups is 1. The van der Waals surface area contributed by atoms with Crippen molar-refractivity contribution in [3.63, 3.8) is 0 Å². The van der Waals surface area contributed by atoms with Gasteiger partial charge < -0.3 is 10.6 Å². The monoisotopic (exact) mass is 410 g/mol. The van der Waals surface area contributed by atoms with E-state index in [1.807, 2.05) is 25.3 Å². The maximum Gasteiger partial charge on any atom is 0.262 e. The van der Waals surface area contributed by atoms with Gasteiger partial charge in [0.1, 0.15) is 6.04 Å². The van der Waals surface area contributed by atoms with Crippen LogP contribution in [0.5, 0.6) is 0 Å². The van der Waals surface area contributed by atoms with Gasteiger partial charge in [0.05, 0.1) is 4.88 Å². The summed E-state index contributed by atoms with van der Waals surface area (Å²) < 4.78 is 0. The Labute approximate surface area is 170 Å². The lowest BCUT2D eigenvalue weighted by Crippen LogP contribution is -2.57. The molecule has 0 aromatic carbocycles. The summed E-state index contributed by atoms with van der Waals surface area (Å²) >= 11 is 6.67. The van der Waals surface area contributed by atoms with Crippen molar-refractivity contribution < 1.29 is 9.59 Å². The molecule has 0 radical (unpaired) electrons. The molecule has 2 rings (SSSR count). The highest BCUT2D eigenvalue weighted by atomic mass is 32.1. The minimum absolute atomic E-state index is 0.0588. The molecule has 1 saturated carbocycles. The summed E-state index contributed by atoms with van der Waals surface area (Å²) in [6, 6.07) is 3.20. The summed E-state index contributed by atoms with van der Waals surface area (Å²) in [4.78, 5) is 25.4. The van der Waals surface area contributed by atoms with Crippen LogP contribution in [0.15, 0.2) is 17.5 Å². The third-order valence-corrected chi connectivity index (χ3v) is 6.39. The minimum Gasteiger partial charge on any atom is -0.358 e. The Bertz CT molecular complexity index is 648. The van der Waals surface area contributed by atoms with Crippen LogP contribution in [-0.4, -0.2) is 29.0 Å². The molecule has 1 aromatic heterocycles. The van der Waals surface area contributed by atoms with Crippen molar-refractivity contribution in [3.8, 4) is 0 Å². The van der Waals surface area contributed by atoms with Gasteiger partial charge in [0, 0.05) is 6.04 Å². The number of carbonyl (C=O) groups is 2. The Morgan fingerprint density at radius 3 is 2.59 bits per heavy atom. The number of amides is 2. The standard InChI is InChI=1S/C19H30N4O2S2/c1-11(2)16(21-17(24)15-9-6-10-27-15)18(25)22-23-19(26)20-14-8-5-7-12(3)13(14)4/h6,9-14,16H,5,7-8H2,1-4H3,(H,21,24)(H,22,25)(H2,20,23,26)/t12-,13+,14-,16+/m0/s1. The molecule has 1 fully saturated rings. The fourth-order valence-electron chi connectivity index (χ4n) is 3.34. The van der Waals surface area contributed by atoms with E-state index < -0.39 is 6.04 Å². The minimum atomic E-state index is -0.650. The van der Waals surface area contributed by atoms with Crippen LogP contribution >= 0.6 is 23.6 Å². The summed E-state index contributed by atoms with van der Waals surface area (Å²) in [7, 11) is 0. The second-order valence-corrected chi connectivity index (χ2v) is 8.99. The third-order valence-electron chi connectivity index (χ3n) is 5.30.